The number of carbonyl (C=O) groups excluding carboxylic acids is 2. The van der Waals surface area contributed by atoms with Crippen LogP contribution in [0.1, 0.15) is 28.8 Å². The van der Waals surface area contributed by atoms with Crippen LogP contribution in [0.3, 0.4) is 0 Å². The highest BCUT2D eigenvalue weighted by molar-refractivity contribution is 5.92. The molecule has 1 heterocycles. The number of hydrogen-bond acceptors (Lipinski definition) is 4. The third-order valence-electron chi connectivity index (χ3n) is 3.59. The van der Waals surface area contributed by atoms with Gasteiger partial charge in [-0.1, -0.05) is 12.1 Å². The van der Waals surface area contributed by atoms with Crippen molar-refractivity contribution in [3.05, 3.63) is 35.4 Å². The molecule has 0 unspecified atom stereocenters. The summed E-state index contributed by atoms with van der Waals surface area (Å²) in [7, 11) is 0. The van der Waals surface area contributed by atoms with Gasteiger partial charge in [0.2, 0.25) is 11.8 Å². The van der Waals surface area contributed by atoms with Gasteiger partial charge in [0, 0.05) is 18.7 Å². The number of hydrogen-bond donors (Lipinski definition) is 3. The lowest BCUT2D eigenvalue weighted by molar-refractivity contribution is -0.131. The second-order valence-electron chi connectivity index (χ2n) is 5.17. The zero-order valence-corrected chi connectivity index (χ0v) is 13.1. The molecule has 6 nitrogen and oxygen atoms in total. The van der Waals surface area contributed by atoms with Crippen molar-refractivity contribution in [1.29, 1.82) is 0 Å². The van der Waals surface area contributed by atoms with E-state index in [1.54, 1.807) is 18.2 Å². The number of benzene rings is 1. The van der Waals surface area contributed by atoms with E-state index in [0.717, 1.165) is 12.0 Å². The minimum absolute atomic E-state index is 0. The van der Waals surface area contributed by atoms with E-state index in [0.29, 0.717) is 31.5 Å². The number of rotatable bonds is 6. The normalized spacial score (nSPS) is 20.2. The van der Waals surface area contributed by atoms with Crippen LogP contribution >= 0.6 is 12.4 Å². The zero-order chi connectivity index (χ0) is 15.2. The minimum atomic E-state index is -0.451. The Morgan fingerprint density at radius 3 is 2.73 bits per heavy atom. The van der Waals surface area contributed by atoms with E-state index >= 15 is 0 Å². The summed E-state index contributed by atoms with van der Waals surface area (Å²) in [6.45, 7) is 0.942. The van der Waals surface area contributed by atoms with Crippen molar-refractivity contribution in [2.24, 2.45) is 11.5 Å². The van der Waals surface area contributed by atoms with E-state index in [1.807, 2.05) is 6.07 Å². The summed E-state index contributed by atoms with van der Waals surface area (Å²) in [6, 6.07) is 7.09. The molecule has 122 valence electrons. The van der Waals surface area contributed by atoms with E-state index in [1.165, 1.54) is 0 Å². The Hall–Kier alpha value is -1.63. The van der Waals surface area contributed by atoms with E-state index in [4.69, 9.17) is 16.2 Å². The smallest absolute Gasteiger partial charge is 0.249 e. The number of primary amides is 1. The van der Waals surface area contributed by atoms with Crippen LogP contribution < -0.4 is 16.8 Å². The molecule has 5 N–H and O–H groups in total. The molecule has 7 heteroatoms. The van der Waals surface area contributed by atoms with Crippen LogP contribution in [0.15, 0.2) is 24.3 Å². The molecule has 0 aromatic heterocycles. The van der Waals surface area contributed by atoms with Gasteiger partial charge in [0.1, 0.15) is 6.10 Å². The Labute approximate surface area is 136 Å². The topological polar surface area (TPSA) is 107 Å². The maximum atomic E-state index is 11.9. The summed E-state index contributed by atoms with van der Waals surface area (Å²) in [5.74, 6) is -0.551. The van der Waals surface area contributed by atoms with Gasteiger partial charge in [-0.3, -0.25) is 9.59 Å². The van der Waals surface area contributed by atoms with Gasteiger partial charge < -0.3 is 21.5 Å². The molecule has 22 heavy (non-hydrogen) atoms. The van der Waals surface area contributed by atoms with Crippen molar-refractivity contribution in [3.63, 3.8) is 0 Å². The summed E-state index contributed by atoms with van der Waals surface area (Å²) < 4.78 is 5.53. The fourth-order valence-electron chi connectivity index (χ4n) is 2.40. The molecule has 1 saturated heterocycles. The molecule has 1 fully saturated rings. The highest BCUT2D eigenvalue weighted by Gasteiger charge is 2.29. The number of amides is 2. The third kappa shape index (κ3) is 4.98. The molecule has 0 bridgehead atoms. The van der Waals surface area contributed by atoms with E-state index in [2.05, 4.69) is 5.32 Å². The predicted molar refractivity (Wildman–Crippen MR) is 85.9 cm³/mol. The lowest BCUT2D eigenvalue weighted by Crippen LogP contribution is -2.36. The average Bonchev–Trinajstić information content (AvgIpc) is 2.96. The number of carbonyl (C=O) groups is 2. The Morgan fingerprint density at radius 2 is 2.09 bits per heavy atom. The first-order chi connectivity index (χ1) is 10.1. The van der Waals surface area contributed by atoms with Crippen LogP contribution in [0.25, 0.3) is 0 Å². The summed E-state index contributed by atoms with van der Waals surface area (Å²) in [6.07, 6.45) is 1.78. The summed E-state index contributed by atoms with van der Waals surface area (Å²) in [5, 5.41) is 2.85. The van der Waals surface area contributed by atoms with Crippen LogP contribution in [-0.2, 0) is 16.0 Å². The Balaban J connectivity index is 0.00000242. The van der Waals surface area contributed by atoms with Crippen molar-refractivity contribution in [3.8, 4) is 0 Å². The van der Waals surface area contributed by atoms with Crippen LogP contribution in [-0.4, -0.2) is 37.1 Å². The highest BCUT2D eigenvalue weighted by Crippen LogP contribution is 2.18. The number of nitrogens with one attached hydrogen (secondary N) is 1. The molecular weight excluding hydrogens is 306 g/mol. The van der Waals surface area contributed by atoms with E-state index in [9.17, 15) is 9.59 Å². The molecule has 0 saturated carbocycles. The Bertz CT molecular complexity index is 525. The average molecular weight is 328 g/mol. The maximum Gasteiger partial charge on any atom is 0.249 e. The molecule has 2 amide bonds. The molecule has 1 aliphatic rings. The summed E-state index contributed by atoms with van der Waals surface area (Å²) in [5.41, 5.74) is 12.2. The van der Waals surface area contributed by atoms with Crippen molar-refractivity contribution in [2.75, 3.05) is 13.1 Å². The van der Waals surface area contributed by atoms with E-state index in [-0.39, 0.29) is 24.4 Å². The molecule has 2 rings (SSSR count). The fourth-order valence-corrected chi connectivity index (χ4v) is 2.40. The molecule has 0 aliphatic carbocycles. The minimum Gasteiger partial charge on any atom is -0.366 e. The Morgan fingerprint density at radius 1 is 1.32 bits per heavy atom. The first-order valence-corrected chi connectivity index (χ1v) is 7.12. The van der Waals surface area contributed by atoms with Gasteiger partial charge in [0.15, 0.2) is 0 Å². The van der Waals surface area contributed by atoms with Crippen LogP contribution in [0.5, 0.6) is 0 Å². The van der Waals surface area contributed by atoms with Crippen LogP contribution in [0, 0.1) is 0 Å². The molecule has 1 aromatic carbocycles. The van der Waals surface area contributed by atoms with E-state index < -0.39 is 12.0 Å². The zero-order valence-electron chi connectivity index (χ0n) is 12.3. The van der Waals surface area contributed by atoms with Gasteiger partial charge in [0.05, 0.1) is 6.10 Å². The van der Waals surface area contributed by atoms with Gasteiger partial charge in [-0.25, -0.2) is 0 Å². The third-order valence-corrected chi connectivity index (χ3v) is 3.59. The number of nitrogens with two attached hydrogens (primary N) is 2. The number of ether oxygens (including phenoxy) is 1. The summed E-state index contributed by atoms with van der Waals surface area (Å²) in [4.78, 5) is 23.0. The molecule has 0 radical (unpaired) electrons. The fraction of sp³-hybridized carbons (Fsp3) is 0.467. The quantitative estimate of drug-likeness (QED) is 0.701. The molecule has 0 spiro atoms. The maximum absolute atomic E-state index is 11.9. The van der Waals surface area contributed by atoms with Gasteiger partial charge in [0.25, 0.3) is 0 Å². The van der Waals surface area contributed by atoms with Crippen molar-refractivity contribution < 1.29 is 14.3 Å². The van der Waals surface area contributed by atoms with Crippen LogP contribution in [0.2, 0.25) is 0 Å². The standard InChI is InChI=1S/C15H21N3O3.ClH/c16-9-12-4-5-13(21-12)15(20)18-7-6-10-2-1-3-11(8-10)14(17)19;/h1-3,8,12-13H,4-7,9,16H2,(H2,17,19)(H,18,20);1H/t12-,13+;/m1./s1. The van der Waals surface area contributed by atoms with Crippen LogP contribution in [0.4, 0.5) is 0 Å². The second-order valence-corrected chi connectivity index (χ2v) is 5.17. The summed E-state index contributed by atoms with van der Waals surface area (Å²) >= 11 is 0. The van der Waals surface area contributed by atoms with Crippen molar-refractivity contribution >= 4 is 24.2 Å². The molecule has 2 atom stereocenters. The molecular formula is C15H22ClN3O3. The SMILES string of the molecule is Cl.NC[C@H]1CC[C@@H](C(=O)NCCc2cccc(C(N)=O)c2)O1. The number of halogens is 1. The highest BCUT2D eigenvalue weighted by atomic mass is 35.5. The monoisotopic (exact) mass is 327 g/mol. The molecule has 1 aliphatic heterocycles. The van der Waals surface area contributed by atoms with Gasteiger partial charge >= 0.3 is 0 Å². The van der Waals surface area contributed by atoms with Crippen molar-refractivity contribution in [1.82, 2.24) is 5.32 Å². The van der Waals surface area contributed by atoms with Gasteiger partial charge in [-0.05, 0) is 37.0 Å². The largest absolute Gasteiger partial charge is 0.366 e. The Kier molecular flexibility index (Phi) is 7.31. The van der Waals surface area contributed by atoms with Gasteiger partial charge in [-0.15, -0.1) is 12.4 Å². The lowest BCUT2D eigenvalue weighted by atomic mass is 10.1. The molecule has 1 aromatic rings. The first-order valence-electron chi connectivity index (χ1n) is 7.12. The first kappa shape index (κ1) is 18.4. The lowest BCUT2D eigenvalue weighted by Gasteiger charge is -2.12. The van der Waals surface area contributed by atoms with Crippen molar-refractivity contribution in [2.45, 2.75) is 31.5 Å². The second kappa shape index (κ2) is 8.73. The predicted octanol–water partition coefficient (Wildman–Crippen LogP) is 0.372. The van der Waals surface area contributed by atoms with Gasteiger partial charge in [-0.2, -0.15) is 0 Å².